The smallest absolute Gasteiger partial charge is 0.0794 e. The zero-order valence-electron chi connectivity index (χ0n) is 8.85. The monoisotopic (exact) mass is 223 g/mol. The summed E-state index contributed by atoms with van der Waals surface area (Å²) in [5.41, 5.74) is 1.92. The van der Waals surface area contributed by atoms with E-state index in [1.165, 1.54) is 37.2 Å². The number of thiazole rings is 1. The van der Waals surface area contributed by atoms with E-state index in [2.05, 4.69) is 15.2 Å². The molecule has 0 bridgehead atoms. The van der Waals surface area contributed by atoms with Crippen LogP contribution in [0.5, 0.6) is 0 Å². The second-order valence-electron chi connectivity index (χ2n) is 4.63. The lowest BCUT2D eigenvalue weighted by Crippen LogP contribution is -2.33. The molecule has 1 aliphatic heterocycles. The molecule has 1 aromatic rings. The normalized spacial score (nSPS) is 27.3. The van der Waals surface area contributed by atoms with Gasteiger partial charge in [-0.1, -0.05) is 0 Å². The summed E-state index contributed by atoms with van der Waals surface area (Å²) in [5, 5.41) is 3.71. The van der Waals surface area contributed by atoms with Gasteiger partial charge < -0.3 is 5.32 Å². The Morgan fingerprint density at radius 3 is 3.07 bits per heavy atom. The molecule has 3 nitrogen and oxygen atoms in total. The number of aromatic nitrogens is 1. The predicted octanol–water partition coefficient (Wildman–Crippen LogP) is 1.47. The van der Waals surface area contributed by atoms with Gasteiger partial charge in [-0.3, -0.25) is 9.88 Å². The molecule has 0 aromatic carbocycles. The average molecular weight is 223 g/mol. The molecular weight excluding hydrogens is 206 g/mol. The second kappa shape index (κ2) is 4.20. The van der Waals surface area contributed by atoms with Gasteiger partial charge in [0.05, 0.1) is 5.51 Å². The Morgan fingerprint density at radius 2 is 2.33 bits per heavy atom. The first-order chi connectivity index (χ1) is 7.40. The molecule has 1 atom stereocenters. The van der Waals surface area contributed by atoms with Crippen LogP contribution in [0.2, 0.25) is 0 Å². The Morgan fingerprint density at radius 1 is 1.40 bits per heavy atom. The van der Waals surface area contributed by atoms with Gasteiger partial charge >= 0.3 is 0 Å². The van der Waals surface area contributed by atoms with Crippen molar-refractivity contribution >= 4 is 11.3 Å². The molecule has 1 unspecified atom stereocenters. The largest absolute Gasteiger partial charge is 0.310 e. The van der Waals surface area contributed by atoms with Crippen LogP contribution in [0.4, 0.5) is 0 Å². The lowest BCUT2D eigenvalue weighted by atomic mass is 10.2. The summed E-state index contributed by atoms with van der Waals surface area (Å²) >= 11 is 1.76. The van der Waals surface area contributed by atoms with Crippen molar-refractivity contribution in [3.05, 3.63) is 16.6 Å². The van der Waals surface area contributed by atoms with Crippen molar-refractivity contribution < 1.29 is 0 Å². The van der Waals surface area contributed by atoms with Gasteiger partial charge in [0.15, 0.2) is 0 Å². The molecule has 1 aromatic heterocycles. The minimum Gasteiger partial charge on any atom is -0.310 e. The summed E-state index contributed by atoms with van der Waals surface area (Å²) in [6.07, 6.45) is 6.10. The van der Waals surface area contributed by atoms with E-state index in [1.54, 1.807) is 11.3 Å². The molecule has 1 saturated heterocycles. The number of nitrogens with one attached hydrogen (secondary N) is 1. The number of hydrogen-bond donors (Lipinski definition) is 1. The van der Waals surface area contributed by atoms with Gasteiger partial charge in [0.1, 0.15) is 0 Å². The van der Waals surface area contributed by atoms with Crippen molar-refractivity contribution in [1.29, 1.82) is 0 Å². The first kappa shape index (κ1) is 9.75. The van der Waals surface area contributed by atoms with Gasteiger partial charge in [0, 0.05) is 42.8 Å². The minimum absolute atomic E-state index is 0.741. The van der Waals surface area contributed by atoms with E-state index in [0.717, 1.165) is 18.6 Å². The summed E-state index contributed by atoms with van der Waals surface area (Å²) in [4.78, 5) is 8.04. The highest BCUT2D eigenvalue weighted by atomic mass is 32.1. The van der Waals surface area contributed by atoms with Crippen LogP contribution in [0.25, 0.3) is 0 Å². The van der Waals surface area contributed by atoms with Crippen LogP contribution in [0.3, 0.4) is 0 Å². The van der Waals surface area contributed by atoms with Gasteiger partial charge in [0.25, 0.3) is 0 Å². The maximum atomic E-state index is 4.12. The number of hydrogen-bond acceptors (Lipinski definition) is 4. The van der Waals surface area contributed by atoms with Crippen molar-refractivity contribution in [2.75, 3.05) is 13.1 Å². The molecular formula is C11H17N3S. The maximum Gasteiger partial charge on any atom is 0.0794 e. The van der Waals surface area contributed by atoms with E-state index in [0.29, 0.717) is 0 Å². The van der Waals surface area contributed by atoms with Crippen LogP contribution in [0.15, 0.2) is 11.7 Å². The predicted molar refractivity (Wildman–Crippen MR) is 62.0 cm³/mol. The van der Waals surface area contributed by atoms with Gasteiger partial charge in [-0.25, -0.2) is 0 Å². The fourth-order valence-corrected chi connectivity index (χ4v) is 2.87. The zero-order chi connectivity index (χ0) is 10.1. The van der Waals surface area contributed by atoms with Crippen molar-refractivity contribution in [3.8, 4) is 0 Å². The van der Waals surface area contributed by atoms with Crippen molar-refractivity contribution in [2.45, 2.75) is 37.9 Å². The van der Waals surface area contributed by atoms with Gasteiger partial charge in [-0.05, 0) is 19.3 Å². The van der Waals surface area contributed by atoms with E-state index in [4.69, 9.17) is 0 Å². The summed E-state index contributed by atoms with van der Waals surface area (Å²) in [5.74, 6) is 0. The molecule has 82 valence electrons. The molecule has 1 aliphatic carbocycles. The lowest BCUT2D eigenvalue weighted by molar-refractivity contribution is 0.322. The molecule has 2 fully saturated rings. The van der Waals surface area contributed by atoms with Crippen LogP contribution in [0.1, 0.15) is 24.1 Å². The molecule has 0 radical (unpaired) electrons. The molecule has 1 saturated carbocycles. The Kier molecular flexibility index (Phi) is 2.73. The molecule has 2 heterocycles. The number of rotatable bonds is 4. The maximum absolute atomic E-state index is 4.12. The summed E-state index contributed by atoms with van der Waals surface area (Å²) in [6.45, 7) is 3.55. The van der Waals surface area contributed by atoms with Crippen LogP contribution < -0.4 is 5.32 Å². The van der Waals surface area contributed by atoms with E-state index in [9.17, 15) is 0 Å². The van der Waals surface area contributed by atoms with Crippen molar-refractivity contribution in [3.63, 3.8) is 0 Å². The van der Waals surface area contributed by atoms with Gasteiger partial charge in [-0.15, -0.1) is 11.3 Å². The molecule has 4 heteroatoms. The van der Waals surface area contributed by atoms with Crippen LogP contribution in [-0.4, -0.2) is 35.1 Å². The van der Waals surface area contributed by atoms with Crippen molar-refractivity contribution in [2.24, 2.45) is 0 Å². The van der Waals surface area contributed by atoms with Crippen LogP contribution in [-0.2, 0) is 6.54 Å². The van der Waals surface area contributed by atoms with Crippen molar-refractivity contribution in [1.82, 2.24) is 15.2 Å². The third-order valence-electron chi connectivity index (χ3n) is 3.18. The first-order valence-electron chi connectivity index (χ1n) is 5.76. The second-order valence-corrected chi connectivity index (χ2v) is 5.60. The minimum atomic E-state index is 0.741. The Hall–Kier alpha value is -0.450. The Bertz CT molecular complexity index is 308. The summed E-state index contributed by atoms with van der Waals surface area (Å²) < 4.78 is 0. The van der Waals surface area contributed by atoms with Gasteiger partial charge in [-0.2, -0.15) is 0 Å². The average Bonchev–Trinajstić information content (AvgIpc) is 2.74. The first-order valence-corrected chi connectivity index (χ1v) is 6.64. The quantitative estimate of drug-likeness (QED) is 0.838. The summed E-state index contributed by atoms with van der Waals surface area (Å²) in [6, 6.07) is 1.59. The van der Waals surface area contributed by atoms with Crippen LogP contribution in [0, 0.1) is 0 Å². The number of likely N-dealkylation sites (tertiary alicyclic amines) is 1. The van der Waals surface area contributed by atoms with E-state index >= 15 is 0 Å². The SMILES string of the molecule is c1ncc(CN2CCC(NC3CC3)C2)s1. The summed E-state index contributed by atoms with van der Waals surface area (Å²) in [7, 11) is 0. The number of nitrogens with zero attached hydrogens (tertiary/aromatic N) is 2. The third-order valence-corrected chi connectivity index (χ3v) is 3.95. The third kappa shape index (κ3) is 2.56. The highest BCUT2D eigenvalue weighted by molar-refractivity contribution is 7.09. The molecule has 2 aliphatic rings. The Labute approximate surface area is 94.5 Å². The lowest BCUT2D eigenvalue weighted by Gasteiger charge is -2.15. The molecule has 0 amide bonds. The highest BCUT2D eigenvalue weighted by Crippen LogP contribution is 2.22. The molecule has 15 heavy (non-hydrogen) atoms. The fraction of sp³-hybridized carbons (Fsp3) is 0.727. The highest BCUT2D eigenvalue weighted by Gasteiger charge is 2.29. The van der Waals surface area contributed by atoms with E-state index < -0.39 is 0 Å². The van der Waals surface area contributed by atoms with Gasteiger partial charge in [0.2, 0.25) is 0 Å². The Balaban J connectivity index is 1.48. The molecule has 1 N–H and O–H groups in total. The van der Waals surface area contributed by atoms with Crippen LogP contribution >= 0.6 is 11.3 Å². The topological polar surface area (TPSA) is 28.2 Å². The molecule has 3 rings (SSSR count). The standard InChI is InChI=1S/C11H17N3S/c1-2-9(1)13-10-3-4-14(6-10)7-11-5-12-8-15-11/h5,8-10,13H,1-4,6-7H2. The van der Waals surface area contributed by atoms with E-state index in [1.807, 2.05) is 11.7 Å². The zero-order valence-corrected chi connectivity index (χ0v) is 9.67. The molecule has 0 spiro atoms. The van der Waals surface area contributed by atoms with E-state index in [-0.39, 0.29) is 0 Å². The fourth-order valence-electron chi connectivity index (χ4n) is 2.24.